The monoisotopic (exact) mass is 314 g/mol. The maximum Gasteiger partial charge on any atom is 0.224 e. The highest BCUT2D eigenvalue weighted by Crippen LogP contribution is 2.43. The molecule has 1 saturated carbocycles. The average molecular weight is 315 g/mol. The highest BCUT2D eigenvalue weighted by atomic mass is 79.9. The van der Waals surface area contributed by atoms with Crippen LogP contribution >= 0.6 is 15.9 Å². The fourth-order valence-electron chi connectivity index (χ4n) is 1.83. The minimum atomic E-state index is -0.353. The molecule has 0 spiro atoms. The largest absolute Gasteiger partial charge is 0.355 e. The molecule has 18 heavy (non-hydrogen) atoms. The summed E-state index contributed by atoms with van der Waals surface area (Å²) in [6.45, 7) is 1.19. The van der Waals surface area contributed by atoms with Crippen molar-refractivity contribution in [3.05, 3.63) is 34.1 Å². The quantitative estimate of drug-likeness (QED) is 0.873. The second-order valence-corrected chi connectivity index (χ2v) is 5.81. The Kier molecular flexibility index (Phi) is 4.02. The Morgan fingerprint density at radius 3 is 2.83 bits per heavy atom. The number of nitrogens with one attached hydrogen (secondary N) is 1. The standard InChI is InChI=1S/C13H16BrFN2O/c14-10-1-2-11(15)9(5-10)6-12(18)17-8-13(7-16)3-4-13/h1-2,5H,3-4,6-8,16H2,(H,17,18). The summed E-state index contributed by atoms with van der Waals surface area (Å²) in [5.41, 5.74) is 6.14. The van der Waals surface area contributed by atoms with Crippen molar-refractivity contribution in [1.82, 2.24) is 5.32 Å². The summed E-state index contributed by atoms with van der Waals surface area (Å²) < 4.78 is 14.2. The molecule has 0 saturated heterocycles. The molecule has 3 N–H and O–H groups in total. The van der Waals surface area contributed by atoms with Crippen molar-refractivity contribution >= 4 is 21.8 Å². The fraction of sp³-hybridized carbons (Fsp3) is 0.462. The smallest absolute Gasteiger partial charge is 0.224 e. The summed E-state index contributed by atoms with van der Waals surface area (Å²) in [5, 5.41) is 2.83. The Morgan fingerprint density at radius 2 is 2.22 bits per heavy atom. The minimum Gasteiger partial charge on any atom is -0.355 e. The first-order valence-electron chi connectivity index (χ1n) is 5.95. The van der Waals surface area contributed by atoms with Crippen LogP contribution in [0.3, 0.4) is 0 Å². The molecule has 0 aromatic heterocycles. The van der Waals surface area contributed by atoms with E-state index in [0.29, 0.717) is 18.7 Å². The van der Waals surface area contributed by atoms with Gasteiger partial charge in [0.1, 0.15) is 5.82 Å². The van der Waals surface area contributed by atoms with E-state index in [9.17, 15) is 9.18 Å². The van der Waals surface area contributed by atoms with E-state index in [2.05, 4.69) is 21.2 Å². The molecule has 0 heterocycles. The summed E-state index contributed by atoms with van der Waals surface area (Å²) in [7, 11) is 0. The molecule has 0 atom stereocenters. The highest BCUT2D eigenvalue weighted by Gasteiger charge is 2.41. The van der Waals surface area contributed by atoms with Crippen LogP contribution in [0.1, 0.15) is 18.4 Å². The van der Waals surface area contributed by atoms with Crippen LogP contribution in [0.4, 0.5) is 4.39 Å². The van der Waals surface area contributed by atoms with Gasteiger partial charge in [0.15, 0.2) is 0 Å². The molecule has 1 aromatic carbocycles. The van der Waals surface area contributed by atoms with Gasteiger partial charge in [-0.1, -0.05) is 15.9 Å². The SMILES string of the molecule is NCC1(CNC(=O)Cc2cc(Br)ccc2F)CC1. The van der Waals surface area contributed by atoms with Crippen LogP contribution in [0.15, 0.2) is 22.7 Å². The molecular weight excluding hydrogens is 299 g/mol. The van der Waals surface area contributed by atoms with E-state index in [0.717, 1.165) is 17.3 Å². The first kappa shape index (κ1) is 13.5. The number of benzene rings is 1. The van der Waals surface area contributed by atoms with E-state index < -0.39 is 0 Å². The van der Waals surface area contributed by atoms with E-state index in [4.69, 9.17) is 5.73 Å². The summed E-state index contributed by atoms with van der Waals surface area (Å²) in [6, 6.07) is 4.60. The zero-order chi connectivity index (χ0) is 13.2. The Morgan fingerprint density at radius 1 is 1.50 bits per heavy atom. The van der Waals surface area contributed by atoms with Crippen molar-refractivity contribution in [2.24, 2.45) is 11.1 Å². The van der Waals surface area contributed by atoms with Gasteiger partial charge in [-0.15, -0.1) is 0 Å². The van der Waals surface area contributed by atoms with Crippen molar-refractivity contribution in [2.45, 2.75) is 19.3 Å². The average Bonchev–Trinajstić information content (AvgIpc) is 3.12. The topological polar surface area (TPSA) is 55.1 Å². The zero-order valence-corrected chi connectivity index (χ0v) is 11.6. The lowest BCUT2D eigenvalue weighted by Crippen LogP contribution is -2.34. The highest BCUT2D eigenvalue weighted by molar-refractivity contribution is 9.10. The van der Waals surface area contributed by atoms with Crippen molar-refractivity contribution < 1.29 is 9.18 Å². The van der Waals surface area contributed by atoms with Gasteiger partial charge in [0.05, 0.1) is 6.42 Å². The van der Waals surface area contributed by atoms with Crippen molar-refractivity contribution in [1.29, 1.82) is 0 Å². The molecular formula is C13H16BrFN2O. The van der Waals surface area contributed by atoms with E-state index >= 15 is 0 Å². The predicted molar refractivity (Wildman–Crippen MR) is 71.5 cm³/mol. The number of carbonyl (C=O) groups excluding carboxylic acids is 1. The first-order valence-corrected chi connectivity index (χ1v) is 6.75. The maximum atomic E-state index is 13.5. The van der Waals surface area contributed by atoms with Gasteiger partial charge in [0.25, 0.3) is 0 Å². The van der Waals surface area contributed by atoms with Crippen molar-refractivity contribution in [3.8, 4) is 0 Å². The zero-order valence-electron chi connectivity index (χ0n) is 10.0. The lowest BCUT2D eigenvalue weighted by molar-refractivity contribution is -0.120. The first-order chi connectivity index (χ1) is 8.54. The predicted octanol–water partition coefficient (Wildman–Crippen LogP) is 1.99. The van der Waals surface area contributed by atoms with E-state index in [-0.39, 0.29) is 23.6 Å². The van der Waals surface area contributed by atoms with Gasteiger partial charge in [-0.25, -0.2) is 4.39 Å². The third-order valence-corrected chi connectivity index (χ3v) is 3.90. The molecule has 1 aliphatic carbocycles. The molecule has 1 amide bonds. The number of nitrogens with two attached hydrogens (primary N) is 1. The third kappa shape index (κ3) is 3.29. The van der Waals surface area contributed by atoms with Crippen LogP contribution in [0.2, 0.25) is 0 Å². The second kappa shape index (κ2) is 5.36. The Balaban J connectivity index is 1.89. The summed E-state index contributed by atoms with van der Waals surface area (Å²) >= 11 is 3.26. The summed E-state index contributed by atoms with van der Waals surface area (Å²) in [4.78, 5) is 11.7. The van der Waals surface area contributed by atoms with Crippen LogP contribution in [0, 0.1) is 11.2 Å². The lowest BCUT2D eigenvalue weighted by atomic mass is 10.1. The van der Waals surface area contributed by atoms with Crippen LogP contribution in [-0.2, 0) is 11.2 Å². The van der Waals surface area contributed by atoms with Gasteiger partial charge < -0.3 is 11.1 Å². The van der Waals surface area contributed by atoms with E-state index in [1.54, 1.807) is 12.1 Å². The molecule has 0 unspecified atom stereocenters. The van der Waals surface area contributed by atoms with Gasteiger partial charge in [-0.2, -0.15) is 0 Å². The maximum absolute atomic E-state index is 13.5. The minimum absolute atomic E-state index is 0.0614. The van der Waals surface area contributed by atoms with Gasteiger partial charge in [0, 0.05) is 11.0 Å². The lowest BCUT2D eigenvalue weighted by Gasteiger charge is -2.13. The number of rotatable bonds is 5. The van der Waals surface area contributed by atoms with Gasteiger partial charge >= 0.3 is 0 Å². The fourth-order valence-corrected chi connectivity index (χ4v) is 2.24. The van der Waals surface area contributed by atoms with Crippen molar-refractivity contribution in [3.63, 3.8) is 0 Å². The van der Waals surface area contributed by atoms with Crippen LogP contribution in [-0.4, -0.2) is 19.0 Å². The molecule has 5 heteroatoms. The van der Waals surface area contributed by atoms with Gasteiger partial charge in [0.2, 0.25) is 5.91 Å². The second-order valence-electron chi connectivity index (χ2n) is 4.89. The molecule has 0 aliphatic heterocycles. The molecule has 98 valence electrons. The molecule has 1 fully saturated rings. The molecule has 3 nitrogen and oxygen atoms in total. The van der Waals surface area contributed by atoms with Gasteiger partial charge in [-0.3, -0.25) is 4.79 Å². The van der Waals surface area contributed by atoms with Crippen LogP contribution in [0.25, 0.3) is 0 Å². The number of amides is 1. The number of hydrogen-bond acceptors (Lipinski definition) is 2. The molecule has 1 aromatic rings. The normalized spacial score (nSPS) is 16.4. The summed E-state index contributed by atoms with van der Waals surface area (Å²) in [5.74, 6) is -0.514. The number of halogens is 2. The molecule has 0 bridgehead atoms. The molecule has 2 rings (SSSR count). The summed E-state index contributed by atoms with van der Waals surface area (Å²) in [6.07, 6.45) is 2.19. The van der Waals surface area contributed by atoms with Crippen molar-refractivity contribution in [2.75, 3.05) is 13.1 Å². The van der Waals surface area contributed by atoms with Crippen LogP contribution < -0.4 is 11.1 Å². The van der Waals surface area contributed by atoms with Gasteiger partial charge in [-0.05, 0) is 48.6 Å². The Hall–Kier alpha value is -0.940. The third-order valence-electron chi connectivity index (χ3n) is 3.41. The Bertz CT molecular complexity index is 460. The van der Waals surface area contributed by atoms with E-state index in [1.807, 2.05) is 0 Å². The van der Waals surface area contributed by atoms with Crippen LogP contribution in [0.5, 0.6) is 0 Å². The molecule has 0 radical (unpaired) electrons. The Labute approximate surface area is 114 Å². The molecule has 1 aliphatic rings. The number of hydrogen-bond donors (Lipinski definition) is 2. The van der Waals surface area contributed by atoms with E-state index in [1.165, 1.54) is 6.07 Å². The number of carbonyl (C=O) groups is 1.